The zero-order chi connectivity index (χ0) is 18.8. The summed E-state index contributed by atoms with van der Waals surface area (Å²) in [6.07, 6.45) is 1.77. The molecule has 1 aromatic carbocycles. The van der Waals surface area contributed by atoms with Gasteiger partial charge in [-0.3, -0.25) is 4.98 Å². The van der Waals surface area contributed by atoms with E-state index in [0.717, 1.165) is 28.1 Å². The van der Waals surface area contributed by atoms with E-state index >= 15 is 0 Å². The van der Waals surface area contributed by atoms with E-state index < -0.39 is 0 Å². The van der Waals surface area contributed by atoms with Crippen molar-refractivity contribution in [2.75, 3.05) is 27.8 Å². The Morgan fingerprint density at radius 2 is 1.81 bits per heavy atom. The molecule has 1 heterocycles. The monoisotopic (exact) mass is 362 g/mol. The SMILES string of the molecule is COCOc1cccc(COCc2cnc(C)c(OCOC)c2CN)c1. The third kappa shape index (κ3) is 5.67. The van der Waals surface area contributed by atoms with Crippen LogP contribution in [0.15, 0.2) is 30.5 Å². The molecule has 0 bridgehead atoms. The van der Waals surface area contributed by atoms with Gasteiger partial charge in [-0.15, -0.1) is 0 Å². The molecule has 142 valence electrons. The van der Waals surface area contributed by atoms with Crippen LogP contribution in [0.2, 0.25) is 0 Å². The van der Waals surface area contributed by atoms with Crippen LogP contribution in [0.5, 0.6) is 11.5 Å². The van der Waals surface area contributed by atoms with Crippen molar-refractivity contribution >= 4 is 0 Å². The number of nitrogens with two attached hydrogens (primary N) is 1. The number of pyridine rings is 1. The molecule has 0 saturated carbocycles. The topological polar surface area (TPSA) is 85.1 Å². The first-order valence-corrected chi connectivity index (χ1v) is 8.27. The van der Waals surface area contributed by atoms with Crippen LogP contribution >= 0.6 is 0 Å². The number of nitrogens with zero attached hydrogens (tertiary/aromatic N) is 1. The highest BCUT2D eigenvalue weighted by Crippen LogP contribution is 2.26. The van der Waals surface area contributed by atoms with Crippen molar-refractivity contribution in [3.8, 4) is 11.5 Å². The minimum Gasteiger partial charge on any atom is -0.468 e. The first-order valence-electron chi connectivity index (χ1n) is 8.27. The van der Waals surface area contributed by atoms with E-state index in [4.69, 9.17) is 29.4 Å². The summed E-state index contributed by atoms with van der Waals surface area (Å²) in [7, 11) is 3.16. The normalized spacial score (nSPS) is 10.8. The quantitative estimate of drug-likeness (QED) is 0.615. The largest absolute Gasteiger partial charge is 0.468 e. The lowest BCUT2D eigenvalue weighted by Crippen LogP contribution is -2.11. The van der Waals surface area contributed by atoms with Gasteiger partial charge in [-0.25, -0.2) is 0 Å². The van der Waals surface area contributed by atoms with Crippen molar-refractivity contribution in [2.45, 2.75) is 26.7 Å². The average Bonchev–Trinajstić information content (AvgIpc) is 2.66. The van der Waals surface area contributed by atoms with E-state index in [1.807, 2.05) is 31.2 Å². The zero-order valence-corrected chi connectivity index (χ0v) is 15.5. The summed E-state index contributed by atoms with van der Waals surface area (Å²) in [4.78, 5) is 4.36. The summed E-state index contributed by atoms with van der Waals surface area (Å²) < 4.78 is 26.8. The molecule has 26 heavy (non-hydrogen) atoms. The van der Waals surface area contributed by atoms with Crippen molar-refractivity contribution in [1.29, 1.82) is 0 Å². The fraction of sp³-hybridized carbons (Fsp3) is 0.421. The highest BCUT2D eigenvalue weighted by molar-refractivity contribution is 5.41. The second-order valence-electron chi connectivity index (χ2n) is 5.62. The molecule has 0 aliphatic heterocycles. The second-order valence-corrected chi connectivity index (χ2v) is 5.62. The molecule has 2 aromatic rings. The van der Waals surface area contributed by atoms with Gasteiger partial charge in [0.25, 0.3) is 0 Å². The lowest BCUT2D eigenvalue weighted by Gasteiger charge is -2.16. The predicted octanol–water partition coefficient (Wildman–Crippen LogP) is 2.53. The summed E-state index contributed by atoms with van der Waals surface area (Å²) in [6.45, 7) is 3.39. The number of hydrogen-bond donors (Lipinski definition) is 1. The Morgan fingerprint density at radius 1 is 1.04 bits per heavy atom. The van der Waals surface area contributed by atoms with Crippen LogP contribution in [0.1, 0.15) is 22.4 Å². The van der Waals surface area contributed by atoms with Gasteiger partial charge in [-0.05, 0) is 24.6 Å². The maximum atomic E-state index is 5.91. The second kappa shape index (κ2) is 10.7. The van der Waals surface area contributed by atoms with Gasteiger partial charge in [-0.1, -0.05) is 12.1 Å². The van der Waals surface area contributed by atoms with E-state index in [1.165, 1.54) is 0 Å². The Labute approximate surface area is 154 Å². The first kappa shape index (κ1) is 20.1. The molecule has 0 amide bonds. The Morgan fingerprint density at radius 3 is 2.54 bits per heavy atom. The van der Waals surface area contributed by atoms with Gasteiger partial charge in [0.2, 0.25) is 0 Å². The first-order chi connectivity index (χ1) is 12.7. The Kier molecular flexibility index (Phi) is 8.30. The highest BCUT2D eigenvalue weighted by Gasteiger charge is 2.13. The van der Waals surface area contributed by atoms with Crippen molar-refractivity contribution in [3.63, 3.8) is 0 Å². The molecule has 2 rings (SSSR count). The number of hydrogen-bond acceptors (Lipinski definition) is 7. The molecule has 0 aliphatic rings. The van der Waals surface area contributed by atoms with Crippen molar-refractivity contribution in [2.24, 2.45) is 5.73 Å². The van der Waals surface area contributed by atoms with Gasteiger partial charge in [-0.2, -0.15) is 0 Å². The molecule has 0 aliphatic carbocycles. The molecular formula is C19H26N2O5. The molecule has 7 nitrogen and oxygen atoms in total. The number of benzene rings is 1. The van der Waals surface area contributed by atoms with Crippen LogP contribution in [-0.4, -0.2) is 32.8 Å². The predicted molar refractivity (Wildman–Crippen MR) is 96.8 cm³/mol. The van der Waals surface area contributed by atoms with Crippen LogP contribution in [0, 0.1) is 6.92 Å². The van der Waals surface area contributed by atoms with Crippen LogP contribution in [-0.2, 0) is 34.0 Å². The van der Waals surface area contributed by atoms with Crippen molar-refractivity contribution in [1.82, 2.24) is 4.98 Å². The fourth-order valence-corrected chi connectivity index (χ4v) is 2.46. The van der Waals surface area contributed by atoms with E-state index in [-0.39, 0.29) is 13.6 Å². The van der Waals surface area contributed by atoms with Crippen molar-refractivity contribution in [3.05, 3.63) is 52.8 Å². The van der Waals surface area contributed by atoms with Crippen LogP contribution in [0.25, 0.3) is 0 Å². The zero-order valence-electron chi connectivity index (χ0n) is 15.5. The molecule has 0 saturated heterocycles. The highest BCUT2D eigenvalue weighted by atomic mass is 16.7. The molecule has 0 spiro atoms. The van der Waals surface area contributed by atoms with Gasteiger partial charge in [0.15, 0.2) is 13.6 Å². The van der Waals surface area contributed by atoms with E-state index in [9.17, 15) is 0 Å². The lowest BCUT2D eigenvalue weighted by molar-refractivity contribution is 0.0490. The van der Waals surface area contributed by atoms with Gasteiger partial charge >= 0.3 is 0 Å². The third-order valence-electron chi connectivity index (χ3n) is 3.70. The minimum atomic E-state index is 0.147. The number of aromatic nitrogens is 1. The van der Waals surface area contributed by atoms with Crippen LogP contribution in [0.4, 0.5) is 0 Å². The molecular weight excluding hydrogens is 336 g/mol. The Bertz CT molecular complexity index is 694. The number of ether oxygens (including phenoxy) is 5. The van der Waals surface area contributed by atoms with E-state index in [1.54, 1.807) is 20.4 Å². The molecule has 0 atom stereocenters. The van der Waals surface area contributed by atoms with E-state index in [2.05, 4.69) is 4.98 Å². The van der Waals surface area contributed by atoms with Gasteiger partial charge in [0.05, 0.1) is 18.9 Å². The molecule has 0 unspecified atom stereocenters. The standard InChI is InChI=1S/C19H26N2O5/c1-14-19(26-13-23-3)18(8-20)16(9-21-14)11-24-10-15-5-4-6-17(7-15)25-12-22-2/h4-7,9H,8,10-13,20H2,1-3H3. The summed E-state index contributed by atoms with van der Waals surface area (Å²) >= 11 is 0. The maximum absolute atomic E-state index is 5.91. The smallest absolute Gasteiger partial charge is 0.188 e. The Balaban J connectivity index is 2.01. The Hall–Kier alpha value is -2.19. The van der Waals surface area contributed by atoms with Gasteiger partial charge in [0, 0.05) is 38.1 Å². The summed E-state index contributed by atoms with van der Waals surface area (Å²) in [5.41, 5.74) is 9.47. The molecule has 0 fully saturated rings. The molecule has 7 heteroatoms. The maximum Gasteiger partial charge on any atom is 0.188 e. The number of methoxy groups -OCH3 is 2. The lowest BCUT2D eigenvalue weighted by atomic mass is 10.1. The molecule has 0 radical (unpaired) electrons. The number of aryl methyl sites for hydroxylation is 1. The molecule has 1 aromatic heterocycles. The summed E-state index contributed by atoms with van der Waals surface area (Å²) in [5.74, 6) is 1.40. The van der Waals surface area contributed by atoms with Gasteiger partial charge < -0.3 is 29.4 Å². The number of rotatable bonds is 11. The third-order valence-corrected chi connectivity index (χ3v) is 3.70. The summed E-state index contributed by atoms with van der Waals surface area (Å²) in [6, 6.07) is 7.69. The van der Waals surface area contributed by atoms with Crippen LogP contribution < -0.4 is 15.2 Å². The fourth-order valence-electron chi connectivity index (χ4n) is 2.46. The molecule has 2 N–H and O–H groups in total. The summed E-state index contributed by atoms with van der Waals surface area (Å²) in [5, 5.41) is 0. The van der Waals surface area contributed by atoms with Crippen molar-refractivity contribution < 1.29 is 23.7 Å². The average molecular weight is 362 g/mol. The minimum absolute atomic E-state index is 0.147. The van der Waals surface area contributed by atoms with Gasteiger partial charge in [0.1, 0.15) is 11.5 Å². The van der Waals surface area contributed by atoms with Crippen LogP contribution in [0.3, 0.4) is 0 Å². The van der Waals surface area contributed by atoms with E-state index in [0.29, 0.717) is 25.5 Å².